The molecule has 0 spiro atoms. The van der Waals surface area contributed by atoms with Crippen molar-refractivity contribution in [3.8, 4) is 11.5 Å². The fourth-order valence-corrected chi connectivity index (χ4v) is 2.48. The van der Waals surface area contributed by atoms with Crippen LogP contribution in [0.5, 0.6) is 11.5 Å². The maximum atomic E-state index is 12.2. The number of benzene rings is 2. The largest absolute Gasteiger partial charge is 0.493 e. The molecule has 1 N–H and O–H groups in total. The van der Waals surface area contributed by atoms with Gasteiger partial charge in [-0.05, 0) is 42.3 Å². The third-order valence-electron chi connectivity index (χ3n) is 4.03. The van der Waals surface area contributed by atoms with Crippen molar-refractivity contribution in [1.29, 1.82) is 0 Å². The van der Waals surface area contributed by atoms with Gasteiger partial charge in [0, 0.05) is 18.2 Å². The third-order valence-corrected chi connectivity index (χ3v) is 4.03. The van der Waals surface area contributed by atoms with Gasteiger partial charge in [0.1, 0.15) is 0 Å². The molecule has 2 rings (SSSR count). The van der Waals surface area contributed by atoms with Crippen LogP contribution in [-0.2, 0) is 14.3 Å². The second-order valence-corrected chi connectivity index (χ2v) is 6.06. The van der Waals surface area contributed by atoms with Crippen LogP contribution in [-0.4, -0.2) is 38.6 Å². The minimum absolute atomic E-state index is 0.00473. The molecule has 0 aliphatic heterocycles. The number of nitrogens with one attached hydrogen (secondary N) is 1. The van der Waals surface area contributed by atoms with E-state index >= 15 is 0 Å². The summed E-state index contributed by atoms with van der Waals surface area (Å²) in [5.41, 5.74) is 2.11. The van der Waals surface area contributed by atoms with Crippen LogP contribution in [0.15, 0.2) is 48.5 Å². The summed E-state index contributed by atoms with van der Waals surface area (Å²) in [4.78, 5) is 35.4. The highest BCUT2D eigenvalue weighted by Gasteiger charge is 2.12. The molecule has 0 aliphatic carbocycles. The highest BCUT2D eigenvalue weighted by molar-refractivity contribution is 5.95. The maximum Gasteiger partial charge on any atom is 0.330 e. The minimum Gasteiger partial charge on any atom is -0.493 e. The average Bonchev–Trinajstić information content (AvgIpc) is 2.72. The zero-order valence-corrected chi connectivity index (χ0v) is 16.6. The minimum atomic E-state index is -0.508. The molecular weight excluding hydrogens is 374 g/mol. The van der Waals surface area contributed by atoms with Crippen LogP contribution in [0.1, 0.15) is 27.9 Å². The summed E-state index contributed by atoms with van der Waals surface area (Å²) in [7, 11) is 2.74. The number of carbonyl (C=O) groups is 3. The Morgan fingerprint density at radius 3 is 2.48 bits per heavy atom. The number of amides is 1. The van der Waals surface area contributed by atoms with Gasteiger partial charge in [0.15, 0.2) is 11.5 Å². The molecule has 0 saturated heterocycles. The van der Waals surface area contributed by atoms with Crippen LogP contribution in [0.2, 0.25) is 0 Å². The Morgan fingerprint density at radius 1 is 1.03 bits per heavy atom. The van der Waals surface area contributed by atoms with Gasteiger partial charge in [-0.2, -0.15) is 0 Å². The first-order chi connectivity index (χ1) is 13.9. The topological polar surface area (TPSA) is 90.9 Å². The predicted molar refractivity (Wildman–Crippen MR) is 108 cm³/mol. The number of hydrogen-bond donors (Lipinski definition) is 1. The Hall–Kier alpha value is -3.61. The van der Waals surface area contributed by atoms with Crippen molar-refractivity contribution in [2.24, 2.45) is 0 Å². The second-order valence-electron chi connectivity index (χ2n) is 6.06. The molecule has 0 aromatic heterocycles. The molecular formula is C22H23NO6. The van der Waals surface area contributed by atoms with Crippen molar-refractivity contribution in [1.82, 2.24) is 5.32 Å². The number of rotatable bonds is 8. The molecule has 7 nitrogen and oxygen atoms in total. The fourth-order valence-electron chi connectivity index (χ4n) is 2.48. The molecule has 0 atom stereocenters. The van der Waals surface area contributed by atoms with Crippen molar-refractivity contribution < 1.29 is 28.6 Å². The maximum absolute atomic E-state index is 12.2. The number of methoxy groups -OCH3 is 2. The molecule has 0 unspecified atom stereocenters. The van der Waals surface area contributed by atoms with Gasteiger partial charge in [0.25, 0.3) is 5.91 Å². The van der Waals surface area contributed by atoms with E-state index in [1.165, 1.54) is 20.3 Å². The molecule has 7 heteroatoms. The summed E-state index contributed by atoms with van der Waals surface area (Å²) >= 11 is 0. The zero-order chi connectivity index (χ0) is 21.2. The zero-order valence-electron chi connectivity index (χ0n) is 16.6. The lowest BCUT2D eigenvalue weighted by Crippen LogP contribution is -2.27. The van der Waals surface area contributed by atoms with E-state index in [9.17, 15) is 14.4 Å². The van der Waals surface area contributed by atoms with E-state index < -0.39 is 11.9 Å². The Bertz CT molecular complexity index is 919. The Labute approximate surface area is 169 Å². The van der Waals surface area contributed by atoms with Gasteiger partial charge in [-0.15, -0.1) is 0 Å². The Balaban J connectivity index is 1.91. The summed E-state index contributed by atoms with van der Waals surface area (Å²) < 4.78 is 15.1. The molecule has 0 bridgehead atoms. The number of hydrogen-bond acceptors (Lipinski definition) is 6. The van der Waals surface area contributed by atoms with Gasteiger partial charge >= 0.3 is 11.9 Å². The normalized spacial score (nSPS) is 10.4. The van der Waals surface area contributed by atoms with E-state index in [1.54, 1.807) is 36.4 Å². The van der Waals surface area contributed by atoms with Crippen LogP contribution >= 0.6 is 0 Å². The van der Waals surface area contributed by atoms with Gasteiger partial charge in [0.05, 0.1) is 20.6 Å². The molecule has 0 aliphatic rings. The summed E-state index contributed by atoms with van der Waals surface area (Å²) in [6.45, 7) is 1.99. The van der Waals surface area contributed by atoms with Gasteiger partial charge in [-0.1, -0.05) is 24.3 Å². The summed E-state index contributed by atoms with van der Waals surface area (Å²) in [5, 5.41) is 2.70. The molecule has 0 radical (unpaired) electrons. The molecule has 1 amide bonds. The first kappa shape index (κ1) is 21.7. The van der Waals surface area contributed by atoms with Crippen molar-refractivity contribution in [3.63, 3.8) is 0 Å². The molecule has 2 aromatic carbocycles. The Kier molecular flexibility index (Phi) is 7.97. The molecule has 2 aromatic rings. The number of esters is 2. The SMILES string of the molecule is COC(=O)/C=C/c1ccc(OC(=O)CCNC(=O)c2ccccc2C)c(OC)c1. The first-order valence-electron chi connectivity index (χ1n) is 8.93. The Morgan fingerprint density at radius 2 is 1.79 bits per heavy atom. The predicted octanol–water partition coefficient (Wildman–Crippen LogP) is 2.92. The smallest absolute Gasteiger partial charge is 0.330 e. The van der Waals surface area contributed by atoms with Gasteiger partial charge in [-0.25, -0.2) is 4.79 Å². The quantitative estimate of drug-likeness (QED) is 0.418. The van der Waals surface area contributed by atoms with E-state index in [2.05, 4.69) is 10.1 Å². The number of aryl methyl sites for hydroxylation is 1. The van der Waals surface area contributed by atoms with Crippen molar-refractivity contribution in [2.75, 3.05) is 20.8 Å². The van der Waals surface area contributed by atoms with Crippen molar-refractivity contribution >= 4 is 23.9 Å². The molecule has 29 heavy (non-hydrogen) atoms. The molecule has 0 fully saturated rings. The van der Waals surface area contributed by atoms with E-state index in [-0.39, 0.29) is 24.6 Å². The van der Waals surface area contributed by atoms with Crippen LogP contribution < -0.4 is 14.8 Å². The van der Waals surface area contributed by atoms with Crippen LogP contribution in [0.4, 0.5) is 0 Å². The van der Waals surface area contributed by atoms with E-state index in [0.717, 1.165) is 5.56 Å². The molecule has 152 valence electrons. The summed E-state index contributed by atoms with van der Waals surface area (Å²) in [6.07, 6.45) is 2.84. The average molecular weight is 397 g/mol. The first-order valence-corrected chi connectivity index (χ1v) is 8.93. The second kappa shape index (κ2) is 10.7. The highest BCUT2D eigenvalue weighted by Crippen LogP contribution is 2.29. The van der Waals surface area contributed by atoms with Crippen LogP contribution in [0, 0.1) is 6.92 Å². The van der Waals surface area contributed by atoms with E-state index in [0.29, 0.717) is 16.9 Å². The number of ether oxygens (including phenoxy) is 3. The highest BCUT2D eigenvalue weighted by atomic mass is 16.6. The lowest BCUT2D eigenvalue weighted by atomic mass is 10.1. The lowest BCUT2D eigenvalue weighted by Gasteiger charge is -2.11. The van der Waals surface area contributed by atoms with Crippen LogP contribution in [0.3, 0.4) is 0 Å². The van der Waals surface area contributed by atoms with Crippen LogP contribution in [0.25, 0.3) is 6.08 Å². The number of carbonyl (C=O) groups excluding carboxylic acids is 3. The fraction of sp³-hybridized carbons (Fsp3) is 0.227. The monoisotopic (exact) mass is 397 g/mol. The lowest BCUT2D eigenvalue weighted by molar-refractivity contribution is -0.135. The molecule has 0 heterocycles. The van der Waals surface area contributed by atoms with Crippen molar-refractivity contribution in [2.45, 2.75) is 13.3 Å². The van der Waals surface area contributed by atoms with Gasteiger partial charge < -0.3 is 19.5 Å². The van der Waals surface area contributed by atoms with Gasteiger partial charge in [-0.3, -0.25) is 9.59 Å². The van der Waals surface area contributed by atoms with Gasteiger partial charge in [0.2, 0.25) is 0 Å². The summed E-state index contributed by atoms with van der Waals surface area (Å²) in [5.74, 6) is -0.638. The standard InChI is InChI=1S/C22H23NO6/c1-15-6-4-5-7-17(15)22(26)23-13-12-21(25)29-18-10-8-16(14-19(18)27-2)9-11-20(24)28-3/h4-11,14H,12-13H2,1-3H3,(H,23,26)/b11-9+. The molecule has 0 saturated carbocycles. The third kappa shape index (κ3) is 6.49. The van der Waals surface area contributed by atoms with E-state index in [1.807, 2.05) is 19.1 Å². The van der Waals surface area contributed by atoms with E-state index in [4.69, 9.17) is 9.47 Å². The summed E-state index contributed by atoms with van der Waals surface area (Å²) in [6, 6.07) is 12.1. The van der Waals surface area contributed by atoms with Crippen molar-refractivity contribution in [3.05, 3.63) is 65.2 Å².